The number of hydrogen-bond acceptors (Lipinski definition) is 3. The number of nitrogens with one attached hydrogen (secondary N) is 2. The topological polar surface area (TPSA) is 41.1 Å². The predicted octanol–water partition coefficient (Wildman–Crippen LogP) is 0.810. The molecule has 1 heterocycles. The number of rotatable bonds is 3. The third-order valence-electron chi connectivity index (χ3n) is 2.40. The van der Waals surface area contributed by atoms with Gasteiger partial charge in [-0.2, -0.15) is 0 Å². The summed E-state index contributed by atoms with van der Waals surface area (Å²) < 4.78 is 0. The van der Waals surface area contributed by atoms with Crippen LogP contribution in [0.5, 0.6) is 0 Å². The van der Waals surface area contributed by atoms with Crippen molar-refractivity contribution in [3.8, 4) is 0 Å². The van der Waals surface area contributed by atoms with Crippen LogP contribution in [0.3, 0.4) is 0 Å². The molecule has 0 bridgehead atoms. The second kappa shape index (κ2) is 4.86. The van der Waals surface area contributed by atoms with Crippen molar-refractivity contribution in [1.29, 1.82) is 0 Å². The molecule has 1 amide bonds. The van der Waals surface area contributed by atoms with Crippen LogP contribution in [0.2, 0.25) is 0 Å². The van der Waals surface area contributed by atoms with Gasteiger partial charge >= 0.3 is 0 Å². The molecule has 0 aromatic heterocycles. The van der Waals surface area contributed by atoms with Crippen LogP contribution >= 0.6 is 11.8 Å². The molecular formula is C9H18N2OS. The Balaban J connectivity index is 2.31. The van der Waals surface area contributed by atoms with Gasteiger partial charge in [-0.15, -0.1) is 11.8 Å². The Morgan fingerprint density at radius 1 is 1.54 bits per heavy atom. The normalized spacial score (nSPS) is 24.8. The summed E-state index contributed by atoms with van der Waals surface area (Å²) in [6, 6.07) is 0.283. The lowest BCUT2D eigenvalue weighted by atomic mass is 10.1. The number of thioether (sulfide) groups is 1. The monoisotopic (exact) mass is 202 g/mol. The molecule has 1 aliphatic heterocycles. The minimum atomic E-state index is 0.0196. The molecule has 0 unspecified atom stereocenters. The zero-order chi connectivity index (χ0) is 9.84. The molecule has 2 N–H and O–H groups in total. The highest BCUT2D eigenvalue weighted by molar-refractivity contribution is 7.99. The van der Waals surface area contributed by atoms with Gasteiger partial charge in [0.1, 0.15) is 0 Å². The second-order valence-corrected chi connectivity index (χ2v) is 4.84. The first-order chi connectivity index (χ1) is 6.11. The average molecular weight is 202 g/mol. The Hall–Kier alpha value is -0.220. The van der Waals surface area contributed by atoms with Gasteiger partial charge in [0.25, 0.3) is 0 Å². The van der Waals surface area contributed by atoms with Crippen molar-refractivity contribution in [3.05, 3.63) is 0 Å². The molecule has 1 rings (SSSR count). The van der Waals surface area contributed by atoms with Crippen LogP contribution in [0.25, 0.3) is 0 Å². The lowest BCUT2D eigenvalue weighted by Crippen LogP contribution is -2.46. The van der Waals surface area contributed by atoms with Gasteiger partial charge in [-0.05, 0) is 12.8 Å². The third-order valence-corrected chi connectivity index (χ3v) is 3.34. The van der Waals surface area contributed by atoms with Crippen LogP contribution in [-0.2, 0) is 4.79 Å². The van der Waals surface area contributed by atoms with E-state index in [1.165, 1.54) is 0 Å². The summed E-state index contributed by atoms with van der Waals surface area (Å²) in [7, 11) is 0. The Kier molecular flexibility index (Phi) is 4.06. The van der Waals surface area contributed by atoms with E-state index in [9.17, 15) is 4.79 Å². The maximum absolute atomic E-state index is 11.6. The molecule has 0 radical (unpaired) electrons. The van der Waals surface area contributed by atoms with E-state index in [-0.39, 0.29) is 18.0 Å². The van der Waals surface area contributed by atoms with Crippen molar-refractivity contribution in [1.82, 2.24) is 10.6 Å². The highest BCUT2D eigenvalue weighted by Crippen LogP contribution is 2.10. The van der Waals surface area contributed by atoms with Gasteiger partial charge in [-0.25, -0.2) is 0 Å². The zero-order valence-electron chi connectivity index (χ0n) is 8.46. The van der Waals surface area contributed by atoms with Gasteiger partial charge in [0, 0.05) is 17.7 Å². The van der Waals surface area contributed by atoms with E-state index in [0.717, 1.165) is 11.6 Å². The Labute approximate surface area is 84.0 Å². The summed E-state index contributed by atoms with van der Waals surface area (Å²) >= 11 is 1.77. The quantitative estimate of drug-likeness (QED) is 0.711. The molecule has 1 fully saturated rings. The first-order valence-electron chi connectivity index (χ1n) is 4.72. The molecule has 13 heavy (non-hydrogen) atoms. The number of carbonyl (C=O) groups excluding carboxylic acids is 1. The summed E-state index contributed by atoms with van der Waals surface area (Å²) in [4.78, 5) is 11.6. The van der Waals surface area contributed by atoms with Crippen molar-refractivity contribution in [2.75, 3.05) is 11.6 Å². The molecule has 1 aliphatic rings. The molecule has 0 spiro atoms. The molecular weight excluding hydrogens is 184 g/mol. The van der Waals surface area contributed by atoms with Crippen molar-refractivity contribution >= 4 is 17.7 Å². The summed E-state index contributed by atoms with van der Waals surface area (Å²) in [6.07, 6.45) is 0. The fraction of sp³-hybridized carbons (Fsp3) is 0.889. The maximum atomic E-state index is 11.6. The Bertz CT molecular complexity index is 178. The molecule has 1 saturated heterocycles. The summed E-state index contributed by atoms with van der Waals surface area (Å²) in [6.45, 7) is 6.27. The minimum absolute atomic E-state index is 0.0196. The molecule has 2 atom stereocenters. The highest BCUT2D eigenvalue weighted by atomic mass is 32.2. The van der Waals surface area contributed by atoms with Crippen molar-refractivity contribution in [2.45, 2.75) is 32.9 Å². The smallest absolute Gasteiger partial charge is 0.238 e. The van der Waals surface area contributed by atoms with Crippen LogP contribution in [0.1, 0.15) is 20.8 Å². The molecule has 0 saturated carbocycles. The molecule has 0 aromatic rings. The standard InChI is InChI=1S/C9H18N2OS/c1-6(2)7(3)11-9(12)8-4-13-5-10-8/h6-8,10H,4-5H2,1-3H3,(H,11,12)/t7-,8-/m0/s1. The second-order valence-electron chi connectivity index (χ2n) is 3.81. The predicted molar refractivity (Wildman–Crippen MR) is 56.7 cm³/mol. The number of amides is 1. The van der Waals surface area contributed by atoms with Gasteiger partial charge < -0.3 is 5.32 Å². The van der Waals surface area contributed by atoms with Gasteiger partial charge in [0.2, 0.25) is 5.91 Å². The lowest BCUT2D eigenvalue weighted by Gasteiger charge is -2.19. The van der Waals surface area contributed by atoms with Crippen LogP contribution < -0.4 is 10.6 Å². The first-order valence-corrected chi connectivity index (χ1v) is 5.88. The summed E-state index contributed by atoms with van der Waals surface area (Å²) in [5.41, 5.74) is 0. The van der Waals surface area contributed by atoms with E-state index in [0.29, 0.717) is 5.92 Å². The average Bonchev–Trinajstić information content (AvgIpc) is 2.55. The largest absolute Gasteiger partial charge is 0.352 e. The number of carbonyl (C=O) groups is 1. The SMILES string of the molecule is CC(C)[C@H](C)NC(=O)[C@@H]1CSCN1. The van der Waals surface area contributed by atoms with E-state index in [1.54, 1.807) is 11.8 Å². The van der Waals surface area contributed by atoms with Crippen molar-refractivity contribution < 1.29 is 4.79 Å². The van der Waals surface area contributed by atoms with Crippen LogP contribution in [0.4, 0.5) is 0 Å². The Morgan fingerprint density at radius 2 is 2.23 bits per heavy atom. The number of hydrogen-bond donors (Lipinski definition) is 2. The van der Waals surface area contributed by atoms with E-state index >= 15 is 0 Å². The zero-order valence-corrected chi connectivity index (χ0v) is 9.28. The summed E-state index contributed by atoms with van der Waals surface area (Å²) in [5, 5.41) is 6.16. The van der Waals surface area contributed by atoms with Gasteiger partial charge in [0.05, 0.1) is 6.04 Å². The minimum Gasteiger partial charge on any atom is -0.352 e. The van der Waals surface area contributed by atoms with E-state index < -0.39 is 0 Å². The molecule has 4 heteroatoms. The van der Waals surface area contributed by atoms with Gasteiger partial charge in [-0.3, -0.25) is 10.1 Å². The Morgan fingerprint density at radius 3 is 2.69 bits per heavy atom. The van der Waals surface area contributed by atoms with E-state index in [4.69, 9.17) is 0 Å². The maximum Gasteiger partial charge on any atom is 0.238 e. The van der Waals surface area contributed by atoms with Crippen molar-refractivity contribution in [2.24, 2.45) is 5.92 Å². The van der Waals surface area contributed by atoms with Crippen LogP contribution in [-0.4, -0.2) is 29.6 Å². The van der Waals surface area contributed by atoms with Gasteiger partial charge in [0.15, 0.2) is 0 Å². The molecule has 3 nitrogen and oxygen atoms in total. The van der Waals surface area contributed by atoms with Crippen LogP contribution in [0.15, 0.2) is 0 Å². The first kappa shape index (κ1) is 10.9. The van der Waals surface area contributed by atoms with Gasteiger partial charge in [-0.1, -0.05) is 13.8 Å². The van der Waals surface area contributed by atoms with E-state index in [2.05, 4.69) is 24.5 Å². The third kappa shape index (κ3) is 3.19. The van der Waals surface area contributed by atoms with Crippen LogP contribution in [0, 0.1) is 5.92 Å². The van der Waals surface area contributed by atoms with Crippen molar-refractivity contribution in [3.63, 3.8) is 0 Å². The lowest BCUT2D eigenvalue weighted by molar-refractivity contribution is -0.123. The summed E-state index contributed by atoms with van der Waals surface area (Å²) in [5.74, 6) is 2.44. The fourth-order valence-corrected chi connectivity index (χ4v) is 2.00. The van der Waals surface area contributed by atoms with E-state index in [1.807, 2.05) is 6.92 Å². The molecule has 0 aliphatic carbocycles. The highest BCUT2D eigenvalue weighted by Gasteiger charge is 2.23. The molecule has 0 aromatic carbocycles. The molecule has 76 valence electrons. The fourth-order valence-electron chi connectivity index (χ4n) is 1.06.